The number of nitrogen functional groups attached to an aromatic ring is 1. The van der Waals surface area contributed by atoms with Crippen LogP contribution in [0.5, 0.6) is 0 Å². The van der Waals surface area contributed by atoms with Gasteiger partial charge in [0.05, 0.1) is 5.75 Å². The van der Waals surface area contributed by atoms with Crippen molar-refractivity contribution in [2.45, 2.75) is 19.0 Å². The monoisotopic (exact) mass is 366 g/mol. The molecule has 0 saturated carbocycles. The van der Waals surface area contributed by atoms with Crippen LogP contribution in [-0.2, 0) is 4.79 Å². The molecule has 0 radical (unpaired) electrons. The third kappa shape index (κ3) is 4.71. The third-order valence-electron chi connectivity index (χ3n) is 2.64. The van der Waals surface area contributed by atoms with Gasteiger partial charge in [0.1, 0.15) is 5.82 Å². The topological polar surface area (TPSA) is 80.9 Å². The van der Waals surface area contributed by atoms with Crippen LogP contribution in [0.4, 0.5) is 11.5 Å². The highest BCUT2D eigenvalue weighted by Gasteiger charge is 2.07. The van der Waals surface area contributed by atoms with Gasteiger partial charge < -0.3 is 11.1 Å². The van der Waals surface area contributed by atoms with Gasteiger partial charge in [-0.15, -0.1) is 0 Å². The maximum absolute atomic E-state index is 11.9. The Kier molecular flexibility index (Phi) is 5.19. The number of nitrogens with one attached hydrogen (secondary N) is 1. The van der Waals surface area contributed by atoms with E-state index in [2.05, 4.69) is 31.2 Å². The maximum atomic E-state index is 11.9. The fourth-order valence-corrected chi connectivity index (χ4v) is 2.72. The zero-order chi connectivity index (χ0) is 15.4. The molecule has 2 aromatic rings. The third-order valence-corrected chi connectivity index (χ3v) is 4.34. The van der Waals surface area contributed by atoms with Gasteiger partial charge in [-0.2, -0.15) is 0 Å². The van der Waals surface area contributed by atoms with Crippen LogP contribution in [0.25, 0.3) is 0 Å². The number of hydrogen-bond donors (Lipinski definition) is 2. The summed E-state index contributed by atoms with van der Waals surface area (Å²) >= 11 is 4.69. The summed E-state index contributed by atoms with van der Waals surface area (Å²) in [5.41, 5.74) is 8.30. The van der Waals surface area contributed by atoms with E-state index in [9.17, 15) is 4.79 Å². The van der Waals surface area contributed by atoms with Crippen molar-refractivity contribution in [3.63, 3.8) is 0 Å². The Morgan fingerprint density at radius 1 is 1.33 bits per heavy atom. The minimum atomic E-state index is -0.112. The highest BCUT2D eigenvalue weighted by molar-refractivity contribution is 9.10. The number of rotatable bonds is 4. The molecule has 0 saturated heterocycles. The summed E-state index contributed by atoms with van der Waals surface area (Å²) in [4.78, 5) is 20.2. The van der Waals surface area contributed by atoms with Gasteiger partial charge in [0.25, 0.3) is 0 Å². The van der Waals surface area contributed by atoms with E-state index in [-0.39, 0.29) is 11.7 Å². The van der Waals surface area contributed by atoms with Crippen LogP contribution >= 0.6 is 27.7 Å². The zero-order valence-electron chi connectivity index (χ0n) is 11.7. The summed E-state index contributed by atoms with van der Waals surface area (Å²) in [5, 5.41) is 3.34. The van der Waals surface area contributed by atoms with Gasteiger partial charge in [0.2, 0.25) is 5.91 Å². The quantitative estimate of drug-likeness (QED) is 0.641. The van der Waals surface area contributed by atoms with E-state index >= 15 is 0 Å². The standard InChI is InChI=1S/C14H15BrN4OS/c1-8-3-4-10(6-11(8)15)18-13(20)7-21-14-17-9(2)5-12(16)19-14/h3-6H,7H2,1-2H3,(H,18,20)(H2,16,17,19). The predicted molar refractivity (Wildman–Crippen MR) is 89.4 cm³/mol. The molecule has 21 heavy (non-hydrogen) atoms. The van der Waals surface area contributed by atoms with Crippen LogP contribution < -0.4 is 11.1 Å². The van der Waals surface area contributed by atoms with Crippen LogP contribution in [0.2, 0.25) is 0 Å². The van der Waals surface area contributed by atoms with Gasteiger partial charge in [-0.1, -0.05) is 33.8 Å². The molecular formula is C14H15BrN4OS. The Bertz CT molecular complexity index is 658. The smallest absolute Gasteiger partial charge is 0.234 e. The van der Waals surface area contributed by atoms with Crippen molar-refractivity contribution in [2.24, 2.45) is 0 Å². The van der Waals surface area contributed by atoms with Gasteiger partial charge in [0, 0.05) is 21.9 Å². The van der Waals surface area contributed by atoms with E-state index < -0.39 is 0 Å². The van der Waals surface area contributed by atoms with Gasteiger partial charge in [-0.05, 0) is 31.5 Å². The van der Waals surface area contributed by atoms with E-state index in [0.717, 1.165) is 21.4 Å². The molecule has 5 nitrogen and oxygen atoms in total. The van der Waals surface area contributed by atoms with Crippen molar-refractivity contribution < 1.29 is 4.79 Å². The highest BCUT2D eigenvalue weighted by Crippen LogP contribution is 2.21. The molecule has 2 rings (SSSR count). The molecule has 0 bridgehead atoms. The molecule has 0 aliphatic carbocycles. The second-order valence-electron chi connectivity index (χ2n) is 4.52. The second-order valence-corrected chi connectivity index (χ2v) is 6.31. The lowest BCUT2D eigenvalue weighted by Gasteiger charge is -2.07. The first-order valence-corrected chi connectivity index (χ1v) is 8.02. The number of hydrogen-bond acceptors (Lipinski definition) is 5. The predicted octanol–water partition coefficient (Wildman–Crippen LogP) is 3.17. The van der Waals surface area contributed by atoms with Gasteiger partial charge in [-0.25, -0.2) is 9.97 Å². The van der Waals surface area contributed by atoms with E-state index in [1.165, 1.54) is 11.8 Å². The molecule has 110 valence electrons. The summed E-state index contributed by atoms with van der Waals surface area (Å²) in [6.45, 7) is 3.83. The van der Waals surface area contributed by atoms with E-state index in [0.29, 0.717) is 11.0 Å². The van der Waals surface area contributed by atoms with Crippen molar-refractivity contribution in [3.8, 4) is 0 Å². The van der Waals surface area contributed by atoms with Crippen LogP contribution in [0.3, 0.4) is 0 Å². The molecule has 1 aromatic heterocycles. The molecule has 0 aliphatic rings. The summed E-state index contributed by atoms with van der Waals surface area (Å²) in [6, 6.07) is 7.37. The average molecular weight is 367 g/mol. The first kappa shape index (κ1) is 15.8. The summed E-state index contributed by atoms with van der Waals surface area (Å²) in [7, 11) is 0. The highest BCUT2D eigenvalue weighted by atomic mass is 79.9. The molecule has 0 atom stereocenters. The van der Waals surface area contributed by atoms with Crippen molar-refractivity contribution in [1.82, 2.24) is 9.97 Å². The maximum Gasteiger partial charge on any atom is 0.234 e. The summed E-state index contributed by atoms with van der Waals surface area (Å²) < 4.78 is 0.961. The molecule has 1 amide bonds. The van der Waals surface area contributed by atoms with Gasteiger partial charge in [-0.3, -0.25) is 4.79 Å². The lowest BCUT2D eigenvalue weighted by Crippen LogP contribution is -2.14. The summed E-state index contributed by atoms with van der Waals surface area (Å²) in [5.74, 6) is 0.529. The summed E-state index contributed by atoms with van der Waals surface area (Å²) in [6.07, 6.45) is 0. The molecule has 0 aliphatic heterocycles. The number of aryl methyl sites for hydroxylation is 2. The lowest BCUT2D eigenvalue weighted by molar-refractivity contribution is -0.113. The first-order chi connectivity index (χ1) is 9.94. The van der Waals surface area contributed by atoms with Gasteiger partial charge >= 0.3 is 0 Å². The van der Waals surface area contributed by atoms with Crippen LogP contribution in [0.15, 0.2) is 33.9 Å². The van der Waals surface area contributed by atoms with E-state index in [1.807, 2.05) is 32.0 Å². The largest absolute Gasteiger partial charge is 0.384 e. The van der Waals surface area contributed by atoms with Crippen molar-refractivity contribution in [1.29, 1.82) is 0 Å². The number of carbonyl (C=O) groups is 1. The molecule has 1 aromatic carbocycles. The fraction of sp³-hybridized carbons (Fsp3) is 0.214. The number of benzene rings is 1. The number of carbonyl (C=O) groups excluding carboxylic acids is 1. The Morgan fingerprint density at radius 3 is 2.76 bits per heavy atom. The fourth-order valence-electron chi connectivity index (χ4n) is 1.63. The molecule has 3 N–H and O–H groups in total. The normalized spacial score (nSPS) is 10.4. The van der Waals surface area contributed by atoms with Crippen molar-refractivity contribution in [2.75, 3.05) is 16.8 Å². The zero-order valence-corrected chi connectivity index (χ0v) is 14.1. The minimum Gasteiger partial charge on any atom is -0.384 e. The molecule has 0 spiro atoms. The molecule has 0 fully saturated rings. The van der Waals surface area contributed by atoms with Crippen LogP contribution in [-0.4, -0.2) is 21.6 Å². The lowest BCUT2D eigenvalue weighted by atomic mass is 10.2. The molecule has 1 heterocycles. The average Bonchev–Trinajstić information content (AvgIpc) is 2.40. The van der Waals surface area contributed by atoms with Gasteiger partial charge in [0.15, 0.2) is 5.16 Å². The van der Waals surface area contributed by atoms with Crippen LogP contribution in [0, 0.1) is 13.8 Å². The Labute approximate surface area is 135 Å². The Balaban J connectivity index is 1.94. The SMILES string of the molecule is Cc1cc(N)nc(SCC(=O)Nc2ccc(C)c(Br)c2)n1. The molecule has 7 heteroatoms. The second kappa shape index (κ2) is 6.91. The minimum absolute atomic E-state index is 0.112. The van der Waals surface area contributed by atoms with Crippen molar-refractivity contribution in [3.05, 3.63) is 40.0 Å². The molecule has 0 unspecified atom stereocenters. The Morgan fingerprint density at radius 2 is 2.10 bits per heavy atom. The number of amides is 1. The number of nitrogens with two attached hydrogens (primary N) is 1. The number of nitrogens with zero attached hydrogens (tertiary/aromatic N) is 2. The molecular weight excluding hydrogens is 352 g/mol. The van der Waals surface area contributed by atoms with Crippen molar-refractivity contribution >= 4 is 45.1 Å². The van der Waals surface area contributed by atoms with E-state index in [4.69, 9.17) is 5.73 Å². The van der Waals surface area contributed by atoms with E-state index in [1.54, 1.807) is 6.07 Å². The number of halogens is 1. The Hall–Kier alpha value is -1.60. The first-order valence-electron chi connectivity index (χ1n) is 6.24. The number of anilines is 2. The number of thioether (sulfide) groups is 1. The number of aromatic nitrogens is 2. The van der Waals surface area contributed by atoms with Crippen LogP contribution in [0.1, 0.15) is 11.3 Å².